The van der Waals surface area contributed by atoms with Crippen LogP contribution in [0.3, 0.4) is 0 Å². The summed E-state index contributed by atoms with van der Waals surface area (Å²) < 4.78 is -0.545. The number of amides is 1. The molecule has 1 rings (SSSR count). The van der Waals surface area contributed by atoms with E-state index in [1.54, 1.807) is 4.90 Å². The third kappa shape index (κ3) is 2.02. The number of rotatable bonds is 1. The Balaban J connectivity index is 2.63. The standard InChI is InChI=1S/C7H8ClIN2O/c8-6(9)7(12)11-3-1-2-5(11)4-10/h5-6H,1-3H2. The Hall–Kier alpha value is -0.0200. The van der Waals surface area contributed by atoms with Gasteiger partial charge in [0.05, 0.1) is 6.07 Å². The minimum absolute atomic E-state index is 0.138. The highest BCUT2D eigenvalue weighted by Gasteiger charge is 2.30. The van der Waals surface area contributed by atoms with E-state index in [1.165, 1.54) is 0 Å². The second-order valence-electron chi connectivity index (χ2n) is 2.62. The number of halogens is 2. The monoisotopic (exact) mass is 298 g/mol. The molecule has 2 atom stereocenters. The number of carbonyl (C=O) groups excluding carboxylic acids is 1. The molecule has 1 aliphatic rings. The fraction of sp³-hybridized carbons (Fsp3) is 0.714. The summed E-state index contributed by atoms with van der Waals surface area (Å²) in [7, 11) is 0. The highest BCUT2D eigenvalue weighted by molar-refractivity contribution is 14.1. The molecule has 0 aromatic carbocycles. The Morgan fingerprint density at radius 1 is 1.83 bits per heavy atom. The predicted octanol–water partition coefficient (Wildman–Crippen LogP) is 1.50. The van der Waals surface area contributed by atoms with Crippen molar-refractivity contribution in [3.8, 4) is 6.07 Å². The quantitative estimate of drug-likeness (QED) is 0.544. The highest BCUT2D eigenvalue weighted by atomic mass is 127. The lowest BCUT2D eigenvalue weighted by Gasteiger charge is -2.19. The number of likely N-dealkylation sites (tertiary alicyclic amines) is 1. The van der Waals surface area contributed by atoms with Crippen molar-refractivity contribution in [1.29, 1.82) is 5.26 Å². The average molecular weight is 299 g/mol. The molecular formula is C7H8ClIN2O. The molecule has 0 aromatic heterocycles. The Bertz CT molecular complexity index is 226. The van der Waals surface area contributed by atoms with E-state index < -0.39 is 3.38 Å². The summed E-state index contributed by atoms with van der Waals surface area (Å²) in [5.74, 6) is -0.138. The SMILES string of the molecule is N#CC1CCCN1C(=O)C(Cl)I. The first kappa shape index (κ1) is 10.1. The van der Waals surface area contributed by atoms with Crippen LogP contribution in [-0.2, 0) is 4.79 Å². The predicted molar refractivity (Wildman–Crippen MR) is 54.0 cm³/mol. The zero-order valence-electron chi connectivity index (χ0n) is 6.33. The van der Waals surface area contributed by atoms with E-state index in [1.807, 2.05) is 22.6 Å². The van der Waals surface area contributed by atoms with Gasteiger partial charge in [0.15, 0.2) is 3.38 Å². The molecule has 66 valence electrons. The van der Waals surface area contributed by atoms with Gasteiger partial charge in [0.1, 0.15) is 6.04 Å². The summed E-state index contributed by atoms with van der Waals surface area (Å²) in [5, 5.41) is 8.68. The van der Waals surface area contributed by atoms with E-state index >= 15 is 0 Å². The molecule has 5 heteroatoms. The lowest BCUT2D eigenvalue weighted by molar-refractivity contribution is -0.128. The van der Waals surface area contributed by atoms with Gasteiger partial charge in [-0.3, -0.25) is 4.79 Å². The summed E-state index contributed by atoms with van der Waals surface area (Å²) in [6, 6.07) is 1.84. The molecule has 1 amide bonds. The van der Waals surface area contributed by atoms with Crippen LogP contribution in [0.4, 0.5) is 0 Å². The maximum atomic E-state index is 11.3. The van der Waals surface area contributed by atoms with Crippen LogP contribution in [0.1, 0.15) is 12.8 Å². The Morgan fingerprint density at radius 2 is 2.50 bits per heavy atom. The van der Waals surface area contributed by atoms with E-state index in [9.17, 15) is 4.79 Å². The number of alkyl halides is 2. The summed E-state index contributed by atoms with van der Waals surface area (Å²) in [5.41, 5.74) is 0. The maximum absolute atomic E-state index is 11.3. The molecule has 1 saturated heterocycles. The van der Waals surface area contributed by atoms with Gasteiger partial charge in [0, 0.05) is 6.54 Å². The normalized spacial score (nSPS) is 25.1. The first-order valence-corrected chi connectivity index (χ1v) is 5.33. The second kappa shape index (κ2) is 4.28. The van der Waals surface area contributed by atoms with Crippen molar-refractivity contribution in [1.82, 2.24) is 4.90 Å². The Kier molecular flexibility index (Phi) is 3.59. The summed E-state index contributed by atoms with van der Waals surface area (Å²) in [4.78, 5) is 12.9. The third-order valence-corrected chi connectivity index (χ3v) is 2.59. The Labute approximate surface area is 89.8 Å². The van der Waals surface area contributed by atoms with E-state index in [0.717, 1.165) is 12.8 Å². The molecular weight excluding hydrogens is 290 g/mol. The summed E-state index contributed by atoms with van der Waals surface area (Å²) >= 11 is 7.47. The molecule has 1 heterocycles. The highest BCUT2D eigenvalue weighted by Crippen LogP contribution is 2.20. The topological polar surface area (TPSA) is 44.1 Å². The smallest absolute Gasteiger partial charge is 0.251 e. The van der Waals surface area contributed by atoms with E-state index in [4.69, 9.17) is 16.9 Å². The lowest BCUT2D eigenvalue weighted by atomic mass is 10.2. The van der Waals surface area contributed by atoms with Gasteiger partial charge in [-0.1, -0.05) is 22.6 Å². The minimum Gasteiger partial charge on any atom is -0.325 e. The second-order valence-corrected chi connectivity index (χ2v) is 5.04. The van der Waals surface area contributed by atoms with Crippen molar-refractivity contribution in [2.24, 2.45) is 0 Å². The first-order chi connectivity index (χ1) is 5.66. The van der Waals surface area contributed by atoms with Gasteiger partial charge in [0.2, 0.25) is 0 Å². The van der Waals surface area contributed by atoms with Crippen LogP contribution in [0.5, 0.6) is 0 Å². The van der Waals surface area contributed by atoms with Crippen molar-refractivity contribution in [2.75, 3.05) is 6.54 Å². The number of hydrogen-bond acceptors (Lipinski definition) is 2. The van der Waals surface area contributed by atoms with Gasteiger partial charge in [-0.05, 0) is 12.8 Å². The molecule has 12 heavy (non-hydrogen) atoms. The van der Waals surface area contributed by atoms with E-state index in [0.29, 0.717) is 6.54 Å². The minimum atomic E-state index is -0.545. The third-order valence-electron chi connectivity index (χ3n) is 1.87. The van der Waals surface area contributed by atoms with Gasteiger partial charge in [0.25, 0.3) is 5.91 Å². The van der Waals surface area contributed by atoms with Gasteiger partial charge >= 0.3 is 0 Å². The maximum Gasteiger partial charge on any atom is 0.251 e. The lowest BCUT2D eigenvalue weighted by Crippen LogP contribution is -2.37. The zero-order chi connectivity index (χ0) is 9.14. The van der Waals surface area contributed by atoms with Gasteiger partial charge in [-0.25, -0.2) is 0 Å². The van der Waals surface area contributed by atoms with Crippen LogP contribution in [0.25, 0.3) is 0 Å². The fourth-order valence-corrected chi connectivity index (χ4v) is 1.77. The van der Waals surface area contributed by atoms with Crippen LogP contribution in [-0.4, -0.2) is 26.8 Å². The summed E-state index contributed by atoms with van der Waals surface area (Å²) in [6.45, 7) is 0.670. The van der Waals surface area contributed by atoms with Crippen LogP contribution in [0.15, 0.2) is 0 Å². The first-order valence-electron chi connectivity index (χ1n) is 3.65. The van der Waals surface area contributed by atoms with Crippen LogP contribution in [0, 0.1) is 11.3 Å². The summed E-state index contributed by atoms with van der Waals surface area (Å²) in [6.07, 6.45) is 1.69. The molecule has 0 aliphatic carbocycles. The van der Waals surface area contributed by atoms with Crippen molar-refractivity contribution < 1.29 is 4.79 Å². The molecule has 0 spiro atoms. The van der Waals surface area contributed by atoms with Crippen LogP contribution in [0.2, 0.25) is 0 Å². The van der Waals surface area contributed by atoms with Crippen LogP contribution < -0.4 is 0 Å². The van der Waals surface area contributed by atoms with Crippen molar-refractivity contribution in [2.45, 2.75) is 22.3 Å². The van der Waals surface area contributed by atoms with Gasteiger partial charge in [-0.15, -0.1) is 11.6 Å². The molecule has 1 fully saturated rings. The molecule has 0 saturated carbocycles. The van der Waals surface area contributed by atoms with Crippen molar-refractivity contribution in [3.63, 3.8) is 0 Å². The molecule has 3 nitrogen and oxygen atoms in total. The molecule has 0 bridgehead atoms. The fourth-order valence-electron chi connectivity index (χ4n) is 1.29. The number of hydrogen-bond donors (Lipinski definition) is 0. The average Bonchev–Trinajstić information content (AvgIpc) is 2.49. The Morgan fingerprint density at radius 3 is 3.00 bits per heavy atom. The molecule has 0 N–H and O–H groups in total. The van der Waals surface area contributed by atoms with E-state index in [-0.39, 0.29) is 11.9 Å². The molecule has 2 unspecified atom stereocenters. The molecule has 0 aromatic rings. The van der Waals surface area contributed by atoms with E-state index in [2.05, 4.69) is 6.07 Å². The van der Waals surface area contributed by atoms with Gasteiger partial charge in [-0.2, -0.15) is 5.26 Å². The number of nitriles is 1. The van der Waals surface area contributed by atoms with Crippen LogP contribution >= 0.6 is 34.2 Å². The number of carbonyl (C=O) groups is 1. The van der Waals surface area contributed by atoms with Crippen molar-refractivity contribution >= 4 is 40.1 Å². The number of nitrogens with zero attached hydrogens (tertiary/aromatic N) is 2. The van der Waals surface area contributed by atoms with Gasteiger partial charge < -0.3 is 4.90 Å². The molecule has 1 aliphatic heterocycles. The largest absolute Gasteiger partial charge is 0.325 e. The van der Waals surface area contributed by atoms with Crippen molar-refractivity contribution in [3.05, 3.63) is 0 Å². The molecule has 0 radical (unpaired) electrons. The zero-order valence-corrected chi connectivity index (χ0v) is 9.25.